The second kappa shape index (κ2) is 9.49. The number of carbonyl (C=O) groups is 1. The van der Waals surface area contributed by atoms with Gasteiger partial charge in [-0.3, -0.25) is 4.79 Å². The molecule has 5 nitrogen and oxygen atoms in total. The van der Waals surface area contributed by atoms with Gasteiger partial charge in [0.2, 0.25) is 0 Å². The first-order chi connectivity index (χ1) is 12.1. The lowest BCUT2D eigenvalue weighted by Crippen LogP contribution is -2.24. The van der Waals surface area contributed by atoms with Crippen molar-refractivity contribution in [3.8, 4) is 11.5 Å². The van der Waals surface area contributed by atoms with Crippen LogP contribution in [0.4, 0.5) is 0 Å². The van der Waals surface area contributed by atoms with E-state index in [9.17, 15) is 4.79 Å². The second-order valence-corrected chi connectivity index (χ2v) is 5.49. The van der Waals surface area contributed by atoms with Crippen molar-refractivity contribution in [2.24, 2.45) is 5.10 Å². The maximum Gasteiger partial charge on any atom is 0.277 e. The summed E-state index contributed by atoms with van der Waals surface area (Å²) >= 11 is 6.00. The number of rotatable bonds is 8. The topological polar surface area (TPSA) is 59.9 Å². The summed E-state index contributed by atoms with van der Waals surface area (Å²) in [5.74, 6) is 0.660. The Bertz CT molecular complexity index is 775. The van der Waals surface area contributed by atoms with Gasteiger partial charge < -0.3 is 9.47 Å². The molecule has 0 saturated heterocycles. The van der Waals surface area contributed by atoms with E-state index in [0.717, 1.165) is 12.0 Å². The highest BCUT2D eigenvalue weighted by Crippen LogP contribution is 2.28. The molecule has 0 aromatic heterocycles. The molecule has 0 spiro atoms. The highest BCUT2D eigenvalue weighted by atomic mass is 35.5. The van der Waals surface area contributed by atoms with E-state index in [1.54, 1.807) is 31.4 Å². The molecule has 2 aromatic carbocycles. The highest BCUT2D eigenvalue weighted by molar-refractivity contribution is 6.33. The van der Waals surface area contributed by atoms with Gasteiger partial charge in [-0.1, -0.05) is 41.9 Å². The molecule has 2 rings (SSSR count). The molecule has 0 aliphatic heterocycles. The molecule has 130 valence electrons. The Labute approximate surface area is 151 Å². The number of nitrogens with zero attached hydrogens (tertiary/aromatic N) is 1. The van der Waals surface area contributed by atoms with Crippen LogP contribution in [0.5, 0.6) is 11.5 Å². The van der Waals surface area contributed by atoms with E-state index in [1.165, 1.54) is 6.21 Å². The molecule has 0 radical (unpaired) electrons. The van der Waals surface area contributed by atoms with Crippen LogP contribution in [0.2, 0.25) is 5.02 Å². The minimum Gasteiger partial charge on any atom is -0.493 e. The Balaban J connectivity index is 1.89. The summed E-state index contributed by atoms with van der Waals surface area (Å²) in [7, 11) is 1.55. The summed E-state index contributed by atoms with van der Waals surface area (Å²) in [4.78, 5) is 11.8. The van der Waals surface area contributed by atoms with Crippen LogP contribution in [0.25, 0.3) is 0 Å². The van der Waals surface area contributed by atoms with Gasteiger partial charge in [-0.25, -0.2) is 5.43 Å². The largest absolute Gasteiger partial charge is 0.493 e. The molecule has 2 aromatic rings. The number of hydrazone groups is 1. The van der Waals surface area contributed by atoms with Crippen molar-refractivity contribution in [1.82, 2.24) is 5.43 Å². The number of nitrogens with one attached hydrogen (secondary N) is 1. The molecular formula is C19H19ClN2O3. The number of ether oxygens (including phenoxy) is 2. The van der Waals surface area contributed by atoms with Crippen molar-refractivity contribution in [3.05, 3.63) is 71.3 Å². The van der Waals surface area contributed by atoms with Crippen molar-refractivity contribution >= 4 is 23.7 Å². The fourth-order valence-electron chi connectivity index (χ4n) is 2.05. The molecule has 0 unspecified atom stereocenters. The molecule has 1 N–H and O–H groups in total. The third-order valence-electron chi connectivity index (χ3n) is 3.26. The predicted octanol–water partition coefficient (Wildman–Crippen LogP) is 3.61. The molecule has 0 atom stereocenters. The van der Waals surface area contributed by atoms with Gasteiger partial charge in [0, 0.05) is 10.6 Å². The second-order valence-electron chi connectivity index (χ2n) is 5.08. The van der Waals surface area contributed by atoms with E-state index >= 15 is 0 Å². The van der Waals surface area contributed by atoms with Crippen molar-refractivity contribution in [3.63, 3.8) is 0 Å². The maximum atomic E-state index is 11.8. The molecule has 0 aliphatic rings. The van der Waals surface area contributed by atoms with Crippen LogP contribution >= 0.6 is 11.6 Å². The van der Waals surface area contributed by atoms with E-state index in [-0.39, 0.29) is 12.5 Å². The Morgan fingerprint density at radius 2 is 2.08 bits per heavy atom. The summed E-state index contributed by atoms with van der Waals surface area (Å²) in [6.07, 6.45) is 4.01. The SMILES string of the molecule is C=CCc1ccc(OCC(=O)N/N=C\c2ccccc2Cl)c(OC)c1. The normalized spacial score (nSPS) is 10.5. The zero-order valence-corrected chi connectivity index (χ0v) is 14.6. The Kier molecular flexibility index (Phi) is 7.04. The van der Waals surface area contributed by atoms with Gasteiger partial charge in [-0.15, -0.1) is 6.58 Å². The lowest BCUT2D eigenvalue weighted by Gasteiger charge is -2.11. The Morgan fingerprint density at radius 1 is 1.28 bits per heavy atom. The number of halogens is 1. The van der Waals surface area contributed by atoms with E-state index < -0.39 is 0 Å². The molecule has 0 aliphatic carbocycles. The Hall–Kier alpha value is -2.79. The van der Waals surface area contributed by atoms with Gasteiger partial charge in [0.1, 0.15) is 0 Å². The first-order valence-corrected chi connectivity index (χ1v) is 7.99. The molecule has 6 heteroatoms. The monoisotopic (exact) mass is 358 g/mol. The van der Waals surface area contributed by atoms with Crippen LogP contribution in [-0.4, -0.2) is 25.8 Å². The number of carbonyl (C=O) groups excluding carboxylic acids is 1. The zero-order chi connectivity index (χ0) is 18.1. The van der Waals surface area contributed by atoms with Gasteiger partial charge in [-0.2, -0.15) is 5.10 Å². The van der Waals surface area contributed by atoms with Gasteiger partial charge >= 0.3 is 0 Å². The summed E-state index contributed by atoms with van der Waals surface area (Å²) < 4.78 is 10.8. The average molecular weight is 359 g/mol. The van der Waals surface area contributed by atoms with Gasteiger partial charge in [0.25, 0.3) is 5.91 Å². The number of benzene rings is 2. The van der Waals surface area contributed by atoms with Crippen LogP contribution in [0.3, 0.4) is 0 Å². The van der Waals surface area contributed by atoms with Crippen LogP contribution in [0.1, 0.15) is 11.1 Å². The number of amides is 1. The van der Waals surface area contributed by atoms with Crippen molar-refractivity contribution in [2.45, 2.75) is 6.42 Å². The lowest BCUT2D eigenvalue weighted by molar-refractivity contribution is -0.123. The minimum absolute atomic E-state index is 0.184. The van der Waals surface area contributed by atoms with Gasteiger partial charge in [0.15, 0.2) is 18.1 Å². The number of allylic oxidation sites excluding steroid dienone is 1. The van der Waals surface area contributed by atoms with Gasteiger partial charge in [-0.05, 0) is 30.2 Å². The first-order valence-electron chi connectivity index (χ1n) is 7.61. The summed E-state index contributed by atoms with van der Waals surface area (Å²) in [6.45, 7) is 3.52. The third-order valence-corrected chi connectivity index (χ3v) is 3.61. The fourth-order valence-corrected chi connectivity index (χ4v) is 2.24. The smallest absolute Gasteiger partial charge is 0.277 e. The standard InChI is InChI=1S/C19H19ClN2O3/c1-3-6-14-9-10-17(18(11-14)24-2)25-13-19(23)22-21-12-15-7-4-5-8-16(15)20/h3-5,7-12H,1,6,13H2,2H3,(H,22,23)/b21-12-. The predicted molar refractivity (Wildman–Crippen MR) is 99.6 cm³/mol. The van der Waals surface area contributed by atoms with Crippen LogP contribution in [0, 0.1) is 0 Å². The van der Waals surface area contributed by atoms with Gasteiger partial charge in [0.05, 0.1) is 13.3 Å². The van der Waals surface area contributed by atoms with Crippen molar-refractivity contribution < 1.29 is 14.3 Å². The van der Waals surface area contributed by atoms with E-state index in [2.05, 4.69) is 17.1 Å². The quantitative estimate of drug-likeness (QED) is 0.445. The van der Waals surface area contributed by atoms with E-state index in [0.29, 0.717) is 22.1 Å². The zero-order valence-electron chi connectivity index (χ0n) is 13.9. The summed E-state index contributed by atoms with van der Waals surface area (Å²) in [5, 5.41) is 4.42. The Morgan fingerprint density at radius 3 is 2.80 bits per heavy atom. The highest BCUT2D eigenvalue weighted by Gasteiger charge is 2.08. The third kappa shape index (κ3) is 5.65. The molecule has 0 bridgehead atoms. The van der Waals surface area contributed by atoms with Crippen LogP contribution < -0.4 is 14.9 Å². The average Bonchev–Trinajstić information content (AvgIpc) is 2.62. The lowest BCUT2D eigenvalue weighted by atomic mass is 10.1. The summed E-state index contributed by atoms with van der Waals surface area (Å²) in [6, 6.07) is 12.7. The number of hydrogen-bond acceptors (Lipinski definition) is 4. The van der Waals surface area contributed by atoms with Crippen LogP contribution in [0.15, 0.2) is 60.2 Å². The molecule has 0 saturated carbocycles. The summed E-state index contributed by atoms with van der Waals surface area (Å²) in [5.41, 5.74) is 4.15. The number of methoxy groups -OCH3 is 1. The fraction of sp³-hybridized carbons (Fsp3) is 0.158. The maximum absolute atomic E-state index is 11.8. The van der Waals surface area contributed by atoms with Crippen molar-refractivity contribution in [1.29, 1.82) is 0 Å². The van der Waals surface area contributed by atoms with Crippen LogP contribution in [-0.2, 0) is 11.2 Å². The molecule has 25 heavy (non-hydrogen) atoms. The first kappa shape index (κ1) is 18.5. The molecular weight excluding hydrogens is 340 g/mol. The van der Waals surface area contributed by atoms with E-state index in [1.807, 2.05) is 24.3 Å². The van der Waals surface area contributed by atoms with Crippen molar-refractivity contribution in [2.75, 3.05) is 13.7 Å². The molecule has 0 fully saturated rings. The number of hydrogen-bond donors (Lipinski definition) is 1. The van der Waals surface area contributed by atoms with E-state index in [4.69, 9.17) is 21.1 Å². The molecule has 0 heterocycles. The molecule has 1 amide bonds. The minimum atomic E-state index is -0.388.